The number of carboxylic acids is 1. The van der Waals surface area contributed by atoms with Gasteiger partial charge < -0.3 is 25.2 Å². The van der Waals surface area contributed by atoms with Crippen LogP contribution in [0.15, 0.2) is 72.9 Å². The van der Waals surface area contributed by atoms with Gasteiger partial charge in [0.05, 0.1) is 19.8 Å². The van der Waals surface area contributed by atoms with Crippen molar-refractivity contribution < 1.29 is 42.7 Å². The number of nitrogens with two attached hydrogens (primary N) is 1. The third-order valence-corrected chi connectivity index (χ3v) is 9.42. The molecule has 0 aliphatic heterocycles. The molecule has 0 heterocycles. The van der Waals surface area contributed by atoms with Gasteiger partial charge in [-0.15, -0.1) is 0 Å². The first-order chi connectivity index (χ1) is 26.7. The lowest BCUT2D eigenvalue weighted by atomic mass is 10.1. The van der Waals surface area contributed by atoms with Gasteiger partial charge in [0, 0.05) is 13.0 Å². The largest absolute Gasteiger partial charge is 0.480 e. The van der Waals surface area contributed by atoms with Gasteiger partial charge in [0.25, 0.3) is 0 Å². The molecular weight excluding hydrogens is 717 g/mol. The van der Waals surface area contributed by atoms with Gasteiger partial charge in [0.2, 0.25) is 0 Å². The summed E-state index contributed by atoms with van der Waals surface area (Å²) in [5.41, 5.74) is 5.35. The molecule has 0 radical (unpaired) electrons. The second kappa shape index (κ2) is 39.6. The average molecular weight is 794 g/mol. The van der Waals surface area contributed by atoms with Crippen LogP contribution in [0.5, 0.6) is 0 Å². The minimum absolute atomic E-state index is 0.0117. The van der Waals surface area contributed by atoms with E-state index in [-0.39, 0.29) is 13.0 Å². The number of carboxylic acid groups (broad SMARTS) is 1. The lowest BCUT2D eigenvalue weighted by Crippen LogP contribution is -2.34. The highest BCUT2D eigenvalue weighted by atomic mass is 31.2. The standard InChI is InChI=1S/C44H76NO9P/c1-3-5-7-9-11-13-15-17-19-21-22-24-26-28-30-32-34-36-43(46)54-41(39-52-55(49,50)53-40-42(45)44(47)48)38-51-37-35-33-31-29-27-25-23-20-18-16-14-12-10-8-6-4-2/h6,8,11-14,17-20,25,27,41-42H,3-5,7,9-10,15-16,21-24,26,28-40,45H2,1-2H3,(H,47,48)(H,49,50)/b8-6-,13-11-,14-12-,19-17-,20-18-,27-25-. The maximum absolute atomic E-state index is 12.6. The van der Waals surface area contributed by atoms with Crippen LogP contribution in [-0.4, -0.2) is 60.5 Å². The van der Waals surface area contributed by atoms with Crippen molar-refractivity contribution in [2.45, 2.75) is 167 Å². The first-order valence-corrected chi connectivity index (χ1v) is 22.5. The van der Waals surface area contributed by atoms with Gasteiger partial charge in [-0.3, -0.25) is 18.6 Å². The first kappa shape index (κ1) is 52.4. The highest BCUT2D eigenvalue weighted by Gasteiger charge is 2.27. The number of phosphoric ester groups is 1. The second-order valence-electron chi connectivity index (χ2n) is 13.7. The zero-order valence-electron chi connectivity index (χ0n) is 34.2. The molecule has 316 valence electrons. The van der Waals surface area contributed by atoms with Gasteiger partial charge in [-0.25, -0.2) is 4.57 Å². The third kappa shape index (κ3) is 39.4. The highest BCUT2D eigenvalue weighted by Crippen LogP contribution is 2.43. The fourth-order valence-corrected chi connectivity index (χ4v) is 5.99. The van der Waals surface area contributed by atoms with E-state index in [9.17, 15) is 19.0 Å². The molecule has 0 fully saturated rings. The van der Waals surface area contributed by atoms with Crippen LogP contribution >= 0.6 is 7.82 Å². The molecule has 0 amide bonds. The molecule has 3 unspecified atom stereocenters. The van der Waals surface area contributed by atoms with E-state index in [1.54, 1.807) is 0 Å². The summed E-state index contributed by atoms with van der Waals surface area (Å²) in [5, 5.41) is 8.89. The summed E-state index contributed by atoms with van der Waals surface area (Å²) in [7, 11) is -4.63. The average Bonchev–Trinajstić information content (AvgIpc) is 3.16. The molecule has 4 N–H and O–H groups in total. The molecule has 0 aromatic rings. The molecule has 11 heteroatoms. The molecule has 0 aromatic heterocycles. The molecule has 0 bridgehead atoms. The van der Waals surface area contributed by atoms with E-state index < -0.39 is 45.1 Å². The maximum atomic E-state index is 12.6. The summed E-state index contributed by atoms with van der Waals surface area (Å²) in [6.07, 6.45) is 48.1. The Morgan fingerprint density at radius 1 is 0.600 bits per heavy atom. The summed E-state index contributed by atoms with van der Waals surface area (Å²) in [6, 6.07) is -1.48. The quantitative estimate of drug-likeness (QED) is 0.0237. The molecule has 0 rings (SSSR count). The molecule has 0 aromatic carbocycles. The number of phosphoric acid groups is 1. The molecule has 0 saturated carbocycles. The van der Waals surface area contributed by atoms with Crippen LogP contribution in [0.25, 0.3) is 0 Å². The van der Waals surface area contributed by atoms with Crippen molar-refractivity contribution in [1.29, 1.82) is 0 Å². The number of ether oxygens (including phenoxy) is 2. The maximum Gasteiger partial charge on any atom is 0.472 e. The normalized spacial score (nSPS) is 14.7. The molecule has 0 aliphatic carbocycles. The minimum Gasteiger partial charge on any atom is -0.480 e. The Kier molecular flexibility index (Phi) is 37.8. The fourth-order valence-electron chi connectivity index (χ4n) is 5.21. The predicted octanol–water partition coefficient (Wildman–Crippen LogP) is 11.4. The molecule has 3 atom stereocenters. The van der Waals surface area contributed by atoms with Crippen molar-refractivity contribution in [2.24, 2.45) is 5.73 Å². The number of esters is 1. The Morgan fingerprint density at radius 3 is 1.58 bits per heavy atom. The van der Waals surface area contributed by atoms with Crippen molar-refractivity contribution in [3.63, 3.8) is 0 Å². The summed E-state index contributed by atoms with van der Waals surface area (Å²) in [4.78, 5) is 33.5. The monoisotopic (exact) mass is 794 g/mol. The highest BCUT2D eigenvalue weighted by molar-refractivity contribution is 7.47. The van der Waals surface area contributed by atoms with E-state index >= 15 is 0 Å². The van der Waals surface area contributed by atoms with Crippen molar-refractivity contribution in [2.75, 3.05) is 26.4 Å². The van der Waals surface area contributed by atoms with Gasteiger partial charge in [0.15, 0.2) is 0 Å². The second-order valence-corrected chi connectivity index (χ2v) is 15.2. The number of carbonyl (C=O) groups is 2. The van der Waals surface area contributed by atoms with E-state index in [0.29, 0.717) is 13.0 Å². The number of rotatable bonds is 39. The minimum atomic E-state index is -4.63. The van der Waals surface area contributed by atoms with E-state index in [1.165, 1.54) is 44.9 Å². The smallest absolute Gasteiger partial charge is 0.472 e. The van der Waals surface area contributed by atoms with E-state index in [4.69, 9.17) is 29.4 Å². The van der Waals surface area contributed by atoms with Crippen molar-refractivity contribution >= 4 is 19.8 Å². The van der Waals surface area contributed by atoms with E-state index in [0.717, 1.165) is 83.5 Å². The molecule has 0 aliphatic rings. The Balaban J connectivity index is 4.35. The van der Waals surface area contributed by atoms with Gasteiger partial charge >= 0.3 is 19.8 Å². The SMILES string of the molecule is CC/C=C\C/C=C\C/C=C\C/C=C\CCCCCOCC(COP(=O)(O)OCC(N)C(=O)O)OC(=O)CCCCCCCCC/C=C\C/C=C\CCCCC. The number of allylic oxidation sites excluding steroid dienone is 12. The fraction of sp³-hybridized carbons (Fsp3) is 0.682. The summed E-state index contributed by atoms with van der Waals surface area (Å²) in [6.45, 7) is 3.63. The molecule has 10 nitrogen and oxygen atoms in total. The van der Waals surface area contributed by atoms with E-state index in [1.807, 2.05) is 0 Å². The van der Waals surface area contributed by atoms with Crippen LogP contribution in [0.2, 0.25) is 0 Å². The summed E-state index contributed by atoms with van der Waals surface area (Å²) in [5.74, 6) is -1.81. The lowest BCUT2D eigenvalue weighted by molar-refractivity contribution is -0.154. The molecule has 0 spiro atoms. The Labute approximate surface area is 334 Å². The van der Waals surface area contributed by atoms with Gasteiger partial charge in [-0.1, -0.05) is 138 Å². The van der Waals surface area contributed by atoms with Crippen molar-refractivity contribution in [1.82, 2.24) is 0 Å². The zero-order chi connectivity index (χ0) is 40.5. The van der Waals surface area contributed by atoms with Crippen LogP contribution in [-0.2, 0) is 32.7 Å². The van der Waals surface area contributed by atoms with Crippen molar-refractivity contribution in [3.05, 3.63) is 72.9 Å². The summed E-state index contributed by atoms with van der Waals surface area (Å²) >= 11 is 0. The van der Waals surface area contributed by atoms with Gasteiger partial charge in [-0.05, 0) is 83.5 Å². The molecular formula is C44H76NO9P. The number of hydrogen-bond acceptors (Lipinski definition) is 8. The van der Waals surface area contributed by atoms with Crippen LogP contribution < -0.4 is 5.73 Å². The number of hydrogen-bond donors (Lipinski definition) is 3. The third-order valence-electron chi connectivity index (χ3n) is 8.47. The number of unbranched alkanes of at least 4 members (excludes halogenated alkanes) is 13. The van der Waals surface area contributed by atoms with Crippen LogP contribution in [0, 0.1) is 0 Å². The zero-order valence-corrected chi connectivity index (χ0v) is 35.1. The first-order valence-electron chi connectivity index (χ1n) is 21.0. The Bertz CT molecular complexity index is 1150. The van der Waals surface area contributed by atoms with Gasteiger partial charge in [-0.2, -0.15) is 0 Å². The topological polar surface area (TPSA) is 155 Å². The predicted molar refractivity (Wildman–Crippen MR) is 226 cm³/mol. The lowest BCUT2D eigenvalue weighted by Gasteiger charge is -2.20. The van der Waals surface area contributed by atoms with Crippen LogP contribution in [0.3, 0.4) is 0 Å². The van der Waals surface area contributed by atoms with Gasteiger partial charge in [0.1, 0.15) is 12.1 Å². The Morgan fingerprint density at radius 2 is 1.05 bits per heavy atom. The molecule has 55 heavy (non-hydrogen) atoms. The number of aliphatic carboxylic acids is 1. The molecule has 0 saturated heterocycles. The van der Waals surface area contributed by atoms with E-state index in [2.05, 4.69) is 86.8 Å². The Hall–Kier alpha value is -2.59. The van der Waals surface area contributed by atoms with Crippen LogP contribution in [0.1, 0.15) is 155 Å². The summed E-state index contributed by atoms with van der Waals surface area (Å²) < 4.78 is 33.3. The van der Waals surface area contributed by atoms with Crippen LogP contribution in [0.4, 0.5) is 0 Å². The van der Waals surface area contributed by atoms with Crippen molar-refractivity contribution in [3.8, 4) is 0 Å². The number of carbonyl (C=O) groups excluding carboxylic acids is 1.